The molecular weight excluding hydrogens is 294 g/mol. The zero-order valence-electron chi connectivity index (χ0n) is 11.3. The van der Waals surface area contributed by atoms with Gasteiger partial charge in [-0.15, -0.1) is 10.2 Å². The fraction of sp³-hybridized carbons (Fsp3) is 0.308. The number of thioether (sulfide) groups is 1. The molecule has 1 N–H and O–H groups in total. The standard InChI is InChI=1S/C13H15N3O2S2/c1-7-4-8(2)6-10(5-7)14-12-15-16-13(20-12)19-9(3)11(17)18/h4-6,9H,1-3H3,(H,14,15)(H,17,18)/p-1/t9-/m1/s1. The number of nitrogens with one attached hydrogen (secondary N) is 1. The Labute approximate surface area is 125 Å². The van der Waals surface area contributed by atoms with Gasteiger partial charge in [-0.05, 0) is 44.0 Å². The number of anilines is 2. The molecule has 0 saturated heterocycles. The lowest BCUT2D eigenvalue weighted by Gasteiger charge is -2.08. The number of carboxylic acids is 1. The van der Waals surface area contributed by atoms with Crippen LogP contribution in [0.3, 0.4) is 0 Å². The second-order valence-electron chi connectivity index (χ2n) is 4.45. The summed E-state index contributed by atoms with van der Waals surface area (Å²) in [4.78, 5) is 10.7. The Morgan fingerprint density at radius 3 is 2.55 bits per heavy atom. The summed E-state index contributed by atoms with van der Waals surface area (Å²) < 4.78 is 0.605. The summed E-state index contributed by atoms with van der Waals surface area (Å²) in [6.07, 6.45) is 0. The monoisotopic (exact) mass is 308 g/mol. The highest BCUT2D eigenvalue weighted by atomic mass is 32.2. The molecule has 5 nitrogen and oxygen atoms in total. The van der Waals surface area contributed by atoms with E-state index in [9.17, 15) is 9.90 Å². The molecule has 1 aromatic carbocycles. The van der Waals surface area contributed by atoms with E-state index in [4.69, 9.17) is 0 Å². The van der Waals surface area contributed by atoms with Crippen LogP contribution in [0.5, 0.6) is 0 Å². The van der Waals surface area contributed by atoms with Gasteiger partial charge in [0, 0.05) is 10.9 Å². The second-order valence-corrected chi connectivity index (χ2v) is 7.02. The van der Waals surface area contributed by atoms with E-state index in [1.54, 1.807) is 6.92 Å². The van der Waals surface area contributed by atoms with E-state index >= 15 is 0 Å². The fourth-order valence-corrected chi connectivity index (χ4v) is 3.52. The number of hydrogen-bond donors (Lipinski definition) is 1. The molecular formula is C13H14N3O2S2-. The van der Waals surface area contributed by atoms with Gasteiger partial charge in [0.05, 0.1) is 5.97 Å². The molecule has 1 atom stereocenters. The predicted molar refractivity (Wildman–Crippen MR) is 79.4 cm³/mol. The highest BCUT2D eigenvalue weighted by molar-refractivity contribution is 8.02. The van der Waals surface area contributed by atoms with Crippen molar-refractivity contribution in [1.82, 2.24) is 10.2 Å². The smallest absolute Gasteiger partial charge is 0.210 e. The summed E-state index contributed by atoms with van der Waals surface area (Å²) in [5.74, 6) is -1.10. The van der Waals surface area contributed by atoms with Gasteiger partial charge in [-0.3, -0.25) is 0 Å². The van der Waals surface area contributed by atoms with Crippen LogP contribution in [0.15, 0.2) is 22.5 Å². The van der Waals surface area contributed by atoms with Crippen LogP contribution in [0.25, 0.3) is 0 Å². The van der Waals surface area contributed by atoms with Crippen molar-refractivity contribution in [2.24, 2.45) is 0 Å². The third-order valence-electron chi connectivity index (χ3n) is 2.49. The van der Waals surface area contributed by atoms with Gasteiger partial charge in [0.1, 0.15) is 0 Å². The lowest BCUT2D eigenvalue weighted by Crippen LogP contribution is -2.31. The lowest BCUT2D eigenvalue weighted by molar-refractivity contribution is -0.304. The number of nitrogens with zero attached hydrogens (tertiary/aromatic N) is 2. The average Bonchev–Trinajstić information content (AvgIpc) is 2.74. The third-order valence-corrected chi connectivity index (χ3v) is 4.49. The van der Waals surface area contributed by atoms with Gasteiger partial charge >= 0.3 is 0 Å². The molecule has 0 aliphatic heterocycles. The topological polar surface area (TPSA) is 77.9 Å². The van der Waals surface area contributed by atoms with Gasteiger partial charge in [0.25, 0.3) is 0 Å². The van der Waals surface area contributed by atoms with Crippen LogP contribution in [0.2, 0.25) is 0 Å². The zero-order chi connectivity index (χ0) is 14.7. The van der Waals surface area contributed by atoms with E-state index < -0.39 is 11.2 Å². The molecule has 1 heterocycles. The molecule has 0 bridgehead atoms. The van der Waals surface area contributed by atoms with Gasteiger partial charge in [-0.2, -0.15) is 0 Å². The van der Waals surface area contributed by atoms with Gasteiger partial charge in [0.15, 0.2) is 4.34 Å². The minimum Gasteiger partial charge on any atom is -0.549 e. The second kappa shape index (κ2) is 6.23. The Bertz CT molecular complexity index is 608. The number of aliphatic carboxylic acids is 1. The van der Waals surface area contributed by atoms with Gasteiger partial charge in [0.2, 0.25) is 5.13 Å². The van der Waals surface area contributed by atoms with Crippen LogP contribution in [-0.2, 0) is 4.79 Å². The van der Waals surface area contributed by atoms with Crippen molar-refractivity contribution in [3.05, 3.63) is 29.3 Å². The van der Waals surface area contributed by atoms with Gasteiger partial charge < -0.3 is 15.2 Å². The first-order valence-electron chi connectivity index (χ1n) is 6.00. The van der Waals surface area contributed by atoms with Crippen LogP contribution in [0, 0.1) is 13.8 Å². The number of carbonyl (C=O) groups excluding carboxylic acids is 1. The number of carboxylic acid groups (broad SMARTS) is 1. The van der Waals surface area contributed by atoms with Crippen molar-refractivity contribution in [3.8, 4) is 0 Å². The number of benzene rings is 1. The summed E-state index contributed by atoms with van der Waals surface area (Å²) in [5.41, 5.74) is 3.28. The summed E-state index contributed by atoms with van der Waals surface area (Å²) in [7, 11) is 0. The van der Waals surface area contributed by atoms with E-state index in [1.165, 1.54) is 11.3 Å². The van der Waals surface area contributed by atoms with Crippen LogP contribution in [-0.4, -0.2) is 21.4 Å². The number of rotatable bonds is 5. The quantitative estimate of drug-likeness (QED) is 0.853. The molecule has 0 fully saturated rings. The minimum absolute atomic E-state index is 0.605. The Morgan fingerprint density at radius 1 is 1.30 bits per heavy atom. The summed E-state index contributed by atoms with van der Waals surface area (Å²) in [6.45, 7) is 5.63. The first-order valence-corrected chi connectivity index (χ1v) is 7.70. The van der Waals surface area contributed by atoms with E-state index in [-0.39, 0.29) is 0 Å². The number of hydrogen-bond acceptors (Lipinski definition) is 7. The molecule has 7 heteroatoms. The lowest BCUT2D eigenvalue weighted by atomic mass is 10.1. The normalized spacial score (nSPS) is 12.2. The highest BCUT2D eigenvalue weighted by Gasteiger charge is 2.10. The van der Waals surface area contributed by atoms with Gasteiger partial charge in [-0.1, -0.05) is 29.2 Å². The van der Waals surface area contributed by atoms with E-state index in [0.29, 0.717) is 9.47 Å². The van der Waals surface area contributed by atoms with E-state index in [1.807, 2.05) is 26.0 Å². The fourth-order valence-electron chi connectivity index (χ4n) is 1.68. The molecule has 0 aliphatic carbocycles. The Morgan fingerprint density at radius 2 is 1.95 bits per heavy atom. The molecule has 2 rings (SSSR count). The number of aromatic nitrogens is 2. The maximum Gasteiger partial charge on any atom is 0.210 e. The highest BCUT2D eigenvalue weighted by Crippen LogP contribution is 2.30. The van der Waals surface area contributed by atoms with Crippen molar-refractivity contribution in [1.29, 1.82) is 0 Å². The molecule has 20 heavy (non-hydrogen) atoms. The molecule has 0 unspecified atom stereocenters. The number of carbonyl (C=O) groups is 1. The van der Waals surface area contributed by atoms with Crippen LogP contribution in [0.4, 0.5) is 10.8 Å². The zero-order valence-corrected chi connectivity index (χ0v) is 13.0. The maximum absolute atomic E-state index is 10.7. The SMILES string of the molecule is Cc1cc(C)cc(Nc2nnc(S[C@H](C)C(=O)[O-])s2)c1. The van der Waals surface area contributed by atoms with Gasteiger partial charge in [-0.25, -0.2) is 0 Å². The molecule has 0 amide bonds. The maximum atomic E-state index is 10.7. The largest absolute Gasteiger partial charge is 0.549 e. The van der Waals surface area contributed by atoms with Crippen molar-refractivity contribution in [2.45, 2.75) is 30.4 Å². The van der Waals surface area contributed by atoms with Crippen LogP contribution >= 0.6 is 23.1 Å². The molecule has 2 aromatic rings. The summed E-state index contributed by atoms with van der Waals surface area (Å²) >= 11 is 2.46. The third kappa shape index (κ3) is 3.94. The Balaban J connectivity index is 2.07. The summed E-state index contributed by atoms with van der Waals surface area (Å²) in [6, 6.07) is 6.13. The predicted octanol–water partition coefficient (Wildman–Crippen LogP) is 2.13. The minimum atomic E-state index is -1.10. The Kier molecular flexibility index (Phi) is 4.61. The van der Waals surface area contributed by atoms with E-state index in [2.05, 4.69) is 21.6 Å². The van der Waals surface area contributed by atoms with Crippen molar-refractivity contribution >= 4 is 39.9 Å². The molecule has 0 saturated carbocycles. The first-order chi connectivity index (χ1) is 9.44. The Hall–Kier alpha value is -1.60. The van der Waals surface area contributed by atoms with E-state index in [0.717, 1.165) is 28.6 Å². The number of aryl methyl sites for hydroxylation is 2. The average molecular weight is 308 g/mol. The first kappa shape index (κ1) is 14.8. The molecule has 0 spiro atoms. The van der Waals surface area contributed by atoms with Crippen molar-refractivity contribution in [2.75, 3.05) is 5.32 Å². The summed E-state index contributed by atoms with van der Waals surface area (Å²) in [5, 5.41) is 21.8. The van der Waals surface area contributed by atoms with Crippen LogP contribution < -0.4 is 10.4 Å². The molecule has 0 aliphatic rings. The molecule has 1 aromatic heterocycles. The molecule has 0 radical (unpaired) electrons. The molecule has 106 valence electrons. The van der Waals surface area contributed by atoms with Crippen molar-refractivity contribution < 1.29 is 9.90 Å². The van der Waals surface area contributed by atoms with Crippen LogP contribution in [0.1, 0.15) is 18.1 Å². The van der Waals surface area contributed by atoms with Crippen molar-refractivity contribution in [3.63, 3.8) is 0 Å².